The summed E-state index contributed by atoms with van der Waals surface area (Å²) in [6, 6.07) is 16.5. The van der Waals surface area contributed by atoms with Crippen molar-refractivity contribution in [3.05, 3.63) is 73.2 Å². The maximum atomic E-state index is 12.6. The predicted octanol–water partition coefficient (Wildman–Crippen LogP) is 1.90. The van der Waals surface area contributed by atoms with E-state index >= 15 is 0 Å². The van der Waals surface area contributed by atoms with Crippen LogP contribution >= 0.6 is 15.3 Å². The topological polar surface area (TPSA) is 76.0 Å². The first-order valence-corrected chi connectivity index (χ1v) is 10.9. The van der Waals surface area contributed by atoms with Crippen LogP contribution in [0.2, 0.25) is 0 Å². The maximum Gasteiger partial charge on any atom is 0.247 e. The molecule has 0 aromatic carbocycles. The van der Waals surface area contributed by atoms with Gasteiger partial charge in [0, 0.05) is 24.8 Å². The molecule has 0 aliphatic heterocycles. The molecule has 0 fully saturated rings. The van der Waals surface area contributed by atoms with Gasteiger partial charge in [0.05, 0.1) is 10.9 Å². The van der Waals surface area contributed by atoms with Crippen LogP contribution in [0.4, 0.5) is 0 Å². The molecule has 7 heteroatoms. The average Bonchev–Trinajstić information content (AvgIpc) is 2.64. The minimum atomic E-state index is -3.49. The second-order valence-corrected chi connectivity index (χ2v) is 9.67. The van der Waals surface area contributed by atoms with Crippen LogP contribution in [0.1, 0.15) is 0 Å². The highest BCUT2D eigenvalue weighted by molar-refractivity contribution is 7.74. The Kier molecular flexibility index (Phi) is 5.47. The highest BCUT2D eigenvalue weighted by atomic mass is 31.2. The van der Waals surface area contributed by atoms with Crippen LogP contribution in [-0.2, 0) is 4.57 Å². The van der Waals surface area contributed by atoms with Gasteiger partial charge in [-0.05, 0) is 50.5 Å². The van der Waals surface area contributed by atoms with Gasteiger partial charge in [-0.25, -0.2) is 0 Å². The average molecular weight is 357 g/mol. The van der Waals surface area contributed by atoms with Crippen molar-refractivity contribution in [1.82, 2.24) is 15.0 Å². The molecule has 3 rings (SSSR count). The first kappa shape index (κ1) is 16.9. The largest absolute Gasteiger partial charge is 0.340 e. The van der Waals surface area contributed by atoms with Crippen molar-refractivity contribution < 1.29 is 9.46 Å². The monoisotopic (exact) mass is 357 g/mol. The number of hydrogen-bond donors (Lipinski definition) is 1. The zero-order valence-corrected chi connectivity index (χ0v) is 14.7. The Morgan fingerprint density at radius 2 is 1.38 bits per heavy atom. The third-order valence-electron chi connectivity index (χ3n) is 3.49. The Morgan fingerprint density at radius 1 is 0.833 bits per heavy atom. The van der Waals surface area contributed by atoms with E-state index in [1.807, 2.05) is 36.4 Å². The summed E-state index contributed by atoms with van der Waals surface area (Å²) < 4.78 is 12.6. The van der Waals surface area contributed by atoms with Crippen LogP contribution in [0.15, 0.2) is 73.2 Å². The molecule has 5 nitrogen and oxygen atoms in total. The number of rotatable bonds is 6. The number of aromatic nitrogens is 3. The van der Waals surface area contributed by atoms with Gasteiger partial charge >= 0.3 is 0 Å². The second kappa shape index (κ2) is 7.76. The minimum absolute atomic E-state index is 0.156. The molecule has 1 unspecified atom stereocenters. The molecule has 0 radical (unpaired) electrons. The second-order valence-electron chi connectivity index (χ2n) is 5.14. The van der Waals surface area contributed by atoms with E-state index in [0.29, 0.717) is 6.16 Å². The van der Waals surface area contributed by atoms with E-state index in [4.69, 9.17) is 0 Å². The van der Waals surface area contributed by atoms with Crippen molar-refractivity contribution in [2.24, 2.45) is 0 Å². The van der Waals surface area contributed by atoms with Gasteiger partial charge in [0.1, 0.15) is 5.44 Å². The van der Waals surface area contributed by atoms with Crippen LogP contribution in [0.25, 0.3) is 0 Å². The van der Waals surface area contributed by atoms with E-state index in [2.05, 4.69) is 15.0 Å². The molecule has 0 aliphatic carbocycles. The lowest BCUT2D eigenvalue weighted by atomic mass is 10.5. The summed E-state index contributed by atoms with van der Waals surface area (Å²) in [6.07, 6.45) is 5.71. The zero-order chi connectivity index (χ0) is 16.8. The van der Waals surface area contributed by atoms with Crippen LogP contribution in [0.5, 0.6) is 0 Å². The molecule has 122 valence electrons. The molecule has 0 spiro atoms. The lowest BCUT2D eigenvalue weighted by Crippen LogP contribution is -2.21. The van der Waals surface area contributed by atoms with Crippen molar-refractivity contribution in [2.75, 3.05) is 12.3 Å². The van der Waals surface area contributed by atoms with E-state index in [1.165, 1.54) is 0 Å². The van der Waals surface area contributed by atoms with Gasteiger partial charge in [0.25, 0.3) is 0 Å². The first-order chi connectivity index (χ1) is 11.7. The highest BCUT2D eigenvalue weighted by Gasteiger charge is 2.26. The molecule has 0 aliphatic rings. The summed E-state index contributed by atoms with van der Waals surface area (Å²) in [5.41, 5.74) is 2.07. The van der Waals surface area contributed by atoms with E-state index < -0.39 is 15.3 Å². The molecule has 3 aromatic rings. The van der Waals surface area contributed by atoms with Crippen molar-refractivity contribution >= 4 is 31.6 Å². The lowest BCUT2D eigenvalue weighted by Gasteiger charge is -2.18. The standard InChI is InChI=1S/C17H17N3O2P2/c21-24(22,17-9-3-6-12-20-17)14-13-23(15-7-1-4-10-18-15)16-8-2-5-11-19-16/h1-12H,13-14H2,(H,21,22). The Labute approximate surface area is 142 Å². The molecular weight excluding hydrogens is 340 g/mol. The Hall–Kier alpha value is -1.93. The number of hydrogen-bond acceptors (Lipinski definition) is 4. The van der Waals surface area contributed by atoms with Gasteiger partial charge in [0.15, 0.2) is 0 Å². The molecular formula is C17H17N3O2P2. The fourth-order valence-electron chi connectivity index (χ4n) is 2.28. The fourth-order valence-corrected chi connectivity index (χ4v) is 6.60. The third-order valence-corrected chi connectivity index (χ3v) is 7.95. The number of nitrogens with zero attached hydrogens (tertiary/aromatic N) is 3. The summed E-state index contributed by atoms with van der Waals surface area (Å²) in [7, 11) is -4.38. The van der Waals surface area contributed by atoms with Gasteiger partial charge in [-0.2, -0.15) is 0 Å². The summed E-state index contributed by atoms with van der Waals surface area (Å²) in [4.78, 5) is 23.3. The van der Waals surface area contributed by atoms with Gasteiger partial charge in [-0.1, -0.05) is 18.2 Å². The first-order valence-electron chi connectivity index (χ1n) is 7.50. The highest BCUT2D eigenvalue weighted by Crippen LogP contribution is 2.43. The quantitative estimate of drug-likeness (QED) is 0.682. The van der Waals surface area contributed by atoms with Gasteiger partial charge in [0.2, 0.25) is 7.37 Å². The Morgan fingerprint density at radius 3 is 1.83 bits per heavy atom. The molecule has 0 amide bonds. The normalized spacial score (nSPS) is 13.6. The van der Waals surface area contributed by atoms with Crippen molar-refractivity contribution in [3.63, 3.8) is 0 Å². The minimum Gasteiger partial charge on any atom is -0.340 e. The van der Waals surface area contributed by atoms with Crippen LogP contribution < -0.4 is 16.3 Å². The molecule has 1 atom stereocenters. The summed E-state index contributed by atoms with van der Waals surface area (Å²) in [5.74, 6) is 0. The summed E-state index contributed by atoms with van der Waals surface area (Å²) in [5, 5.41) is 0. The summed E-state index contributed by atoms with van der Waals surface area (Å²) in [6.45, 7) is 0. The number of pyridine rings is 3. The van der Waals surface area contributed by atoms with Gasteiger partial charge in [-0.15, -0.1) is 0 Å². The molecule has 1 N–H and O–H groups in total. The Balaban J connectivity index is 1.84. The molecule has 3 heterocycles. The predicted molar refractivity (Wildman–Crippen MR) is 98.1 cm³/mol. The molecule has 0 bridgehead atoms. The van der Waals surface area contributed by atoms with Crippen molar-refractivity contribution in [2.45, 2.75) is 0 Å². The van der Waals surface area contributed by atoms with Crippen LogP contribution in [0, 0.1) is 0 Å². The van der Waals surface area contributed by atoms with E-state index in [9.17, 15) is 9.46 Å². The zero-order valence-electron chi connectivity index (χ0n) is 12.9. The van der Waals surface area contributed by atoms with Crippen LogP contribution in [0.3, 0.4) is 0 Å². The third kappa shape index (κ3) is 4.12. The molecule has 24 heavy (non-hydrogen) atoms. The summed E-state index contributed by atoms with van der Waals surface area (Å²) >= 11 is 0. The molecule has 0 saturated heterocycles. The molecule has 0 saturated carbocycles. The fraction of sp³-hybridized carbons (Fsp3) is 0.118. The van der Waals surface area contributed by atoms with E-state index in [0.717, 1.165) is 10.9 Å². The van der Waals surface area contributed by atoms with E-state index in [-0.39, 0.29) is 11.6 Å². The smallest absolute Gasteiger partial charge is 0.247 e. The SMILES string of the molecule is O=P(O)(CCP(c1ccccn1)c1ccccn1)c1ccccn1. The lowest BCUT2D eigenvalue weighted by molar-refractivity contribution is 0.490. The van der Waals surface area contributed by atoms with Gasteiger partial charge in [-0.3, -0.25) is 19.5 Å². The van der Waals surface area contributed by atoms with Crippen LogP contribution in [-0.4, -0.2) is 32.2 Å². The van der Waals surface area contributed by atoms with Crippen molar-refractivity contribution in [3.8, 4) is 0 Å². The van der Waals surface area contributed by atoms with E-state index in [1.54, 1.807) is 36.8 Å². The van der Waals surface area contributed by atoms with Crippen molar-refractivity contribution in [1.29, 1.82) is 0 Å². The van der Waals surface area contributed by atoms with Gasteiger partial charge < -0.3 is 4.89 Å². The Bertz CT molecular complexity index is 778. The maximum absolute atomic E-state index is 12.6. The molecule has 3 aromatic heterocycles.